The van der Waals surface area contributed by atoms with E-state index in [4.69, 9.17) is 33.7 Å². The smallest absolute Gasteiger partial charge is 0.122 e. The molecule has 0 heterocycles. The summed E-state index contributed by atoms with van der Waals surface area (Å²) >= 11 is 12.0. The van der Waals surface area contributed by atoms with Gasteiger partial charge in [0, 0.05) is 40.1 Å². The van der Waals surface area contributed by atoms with Crippen LogP contribution in [0, 0.1) is 0 Å². The monoisotopic (exact) mass is 310 g/mol. The Bertz CT molecular complexity index is 602. The molecule has 0 aliphatic heterocycles. The fourth-order valence-electron chi connectivity index (χ4n) is 1.91. The second-order valence-electron chi connectivity index (χ2n) is 4.41. The maximum absolute atomic E-state index is 6.13. The molecule has 0 atom stereocenters. The van der Waals surface area contributed by atoms with E-state index in [1.165, 1.54) is 0 Å². The van der Waals surface area contributed by atoms with Gasteiger partial charge in [-0.2, -0.15) is 0 Å². The molecule has 0 aliphatic rings. The van der Waals surface area contributed by atoms with Crippen LogP contribution in [-0.2, 0) is 6.42 Å². The molecule has 0 saturated heterocycles. The molecule has 0 unspecified atom stereocenters. The lowest BCUT2D eigenvalue weighted by Gasteiger charge is -2.10. The lowest BCUT2D eigenvalue weighted by Crippen LogP contribution is -2.06. The summed E-state index contributed by atoms with van der Waals surface area (Å²) in [5.41, 5.74) is 8.44. The summed E-state index contributed by atoms with van der Waals surface area (Å²) in [7, 11) is 1.62. The van der Waals surface area contributed by atoms with Crippen molar-refractivity contribution in [3.8, 4) is 5.75 Å². The molecule has 0 amide bonds. The zero-order valence-corrected chi connectivity index (χ0v) is 12.6. The number of ether oxygens (including phenoxy) is 1. The number of benzene rings is 2. The number of anilines is 2. The van der Waals surface area contributed by atoms with Crippen LogP contribution in [0.4, 0.5) is 11.4 Å². The third-order valence-corrected chi connectivity index (χ3v) is 3.49. The topological polar surface area (TPSA) is 47.3 Å². The van der Waals surface area contributed by atoms with Gasteiger partial charge >= 0.3 is 0 Å². The Morgan fingerprint density at radius 2 is 1.95 bits per heavy atom. The highest BCUT2D eigenvalue weighted by Crippen LogP contribution is 2.23. The fraction of sp³-hybridized carbons (Fsp3) is 0.200. The first kappa shape index (κ1) is 14.8. The molecule has 0 aromatic heterocycles. The van der Waals surface area contributed by atoms with Crippen molar-refractivity contribution < 1.29 is 4.74 Å². The first-order valence-electron chi connectivity index (χ1n) is 6.21. The van der Waals surface area contributed by atoms with Crippen molar-refractivity contribution in [1.29, 1.82) is 0 Å². The summed E-state index contributed by atoms with van der Waals surface area (Å²) in [6.45, 7) is 0.744. The molecule has 5 heteroatoms. The van der Waals surface area contributed by atoms with Gasteiger partial charge < -0.3 is 15.8 Å². The Kier molecular flexibility index (Phi) is 4.99. The molecule has 3 N–H and O–H groups in total. The quantitative estimate of drug-likeness (QED) is 0.812. The van der Waals surface area contributed by atoms with Crippen LogP contribution in [0.25, 0.3) is 0 Å². The largest absolute Gasteiger partial charge is 0.497 e. The average Bonchev–Trinajstić information content (AvgIpc) is 2.40. The lowest BCUT2D eigenvalue weighted by molar-refractivity contribution is 0.415. The van der Waals surface area contributed by atoms with Crippen molar-refractivity contribution in [2.75, 3.05) is 24.7 Å². The molecule has 2 rings (SSSR count). The summed E-state index contributed by atoms with van der Waals surface area (Å²) in [4.78, 5) is 0. The fourth-order valence-corrected chi connectivity index (χ4v) is 2.41. The van der Waals surface area contributed by atoms with Crippen molar-refractivity contribution in [2.45, 2.75) is 6.42 Å². The van der Waals surface area contributed by atoms with Crippen LogP contribution in [0.2, 0.25) is 10.0 Å². The Morgan fingerprint density at radius 3 is 2.65 bits per heavy atom. The molecule has 0 bridgehead atoms. The third-order valence-electron chi connectivity index (χ3n) is 2.90. The molecule has 0 fully saturated rings. The second-order valence-corrected chi connectivity index (χ2v) is 5.25. The molecule has 0 aliphatic carbocycles. The van der Waals surface area contributed by atoms with Gasteiger partial charge in [0.1, 0.15) is 5.75 Å². The van der Waals surface area contributed by atoms with Crippen LogP contribution >= 0.6 is 23.2 Å². The summed E-state index contributed by atoms with van der Waals surface area (Å²) in [5.74, 6) is 0.733. The van der Waals surface area contributed by atoms with Crippen molar-refractivity contribution in [3.05, 3.63) is 52.0 Å². The number of hydrogen-bond donors (Lipinski definition) is 2. The Balaban J connectivity index is 1.97. The van der Waals surface area contributed by atoms with Crippen LogP contribution in [-0.4, -0.2) is 13.7 Å². The molecule has 0 radical (unpaired) electrons. The SMILES string of the molecule is COc1cc(N)cc(NCCc2ccc(Cl)cc2Cl)c1. The number of nitrogens with one attached hydrogen (secondary N) is 1. The number of rotatable bonds is 5. The minimum atomic E-state index is 0.646. The van der Waals surface area contributed by atoms with Gasteiger partial charge in [-0.3, -0.25) is 0 Å². The maximum atomic E-state index is 6.13. The highest BCUT2D eigenvalue weighted by molar-refractivity contribution is 6.35. The minimum Gasteiger partial charge on any atom is -0.497 e. The van der Waals surface area contributed by atoms with E-state index in [-0.39, 0.29) is 0 Å². The summed E-state index contributed by atoms with van der Waals surface area (Å²) in [6, 6.07) is 11.1. The van der Waals surface area contributed by atoms with E-state index in [2.05, 4.69) is 5.32 Å². The van der Waals surface area contributed by atoms with E-state index in [9.17, 15) is 0 Å². The lowest BCUT2D eigenvalue weighted by atomic mass is 10.1. The number of nitrogen functional groups attached to an aromatic ring is 1. The maximum Gasteiger partial charge on any atom is 0.122 e. The van der Waals surface area contributed by atoms with Gasteiger partial charge in [-0.1, -0.05) is 29.3 Å². The first-order chi connectivity index (χ1) is 9.58. The molecule has 20 heavy (non-hydrogen) atoms. The van der Waals surface area contributed by atoms with Crippen LogP contribution < -0.4 is 15.8 Å². The molecular weight excluding hydrogens is 295 g/mol. The van der Waals surface area contributed by atoms with E-state index in [1.54, 1.807) is 19.2 Å². The zero-order chi connectivity index (χ0) is 14.5. The molecule has 106 valence electrons. The van der Waals surface area contributed by atoms with Gasteiger partial charge in [0.15, 0.2) is 0 Å². The number of halogens is 2. The van der Waals surface area contributed by atoms with E-state index >= 15 is 0 Å². The normalized spacial score (nSPS) is 10.3. The summed E-state index contributed by atoms with van der Waals surface area (Å²) < 4.78 is 5.18. The number of methoxy groups -OCH3 is 1. The van der Waals surface area contributed by atoms with E-state index in [0.717, 1.165) is 30.0 Å². The van der Waals surface area contributed by atoms with Gasteiger partial charge in [0.2, 0.25) is 0 Å². The van der Waals surface area contributed by atoms with Gasteiger partial charge in [-0.25, -0.2) is 0 Å². The highest BCUT2D eigenvalue weighted by Gasteiger charge is 2.02. The van der Waals surface area contributed by atoms with Gasteiger partial charge in [0.25, 0.3) is 0 Å². The van der Waals surface area contributed by atoms with Crippen molar-refractivity contribution in [2.24, 2.45) is 0 Å². The summed E-state index contributed by atoms with van der Waals surface area (Å²) in [6.07, 6.45) is 0.799. The van der Waals surface area contributed by atoms with Crippen molar-refractivity contribution >= 4 is 34.6 Å². The van der Waals surface area contributed by atoms with Gasteiger partial charge in [0.05, 0.1) is 7.11 Å². The van der Waals surface area contributed by atoms with Crippen LogP contribution in [0.15, 0.2) is 36.4 Å². The predicted molar refractivity (Wildman–Crippen MR) is 86.1 cm³/mol. The number of nitrogens with two attached hydrogens (primary N) is 1. The van der Waals surface area contributed by atoms with Crippen LogP contribution in [0.1, 0.15) is 5.56 Å². The number of hydrogen-bond acceptors (Lipinski definition) is 3. The Hall–Kier alpha value is -1.58. The average molecular weight is 311 g/mol. The Labute approximate surface area is 128 Å². The van der Waals surface area contributed by atoms with Crippen molar-refractivity contribution in [1.82, 2.24) is 0 Å². The minimum absolute atomic E-state index is 0.646. The third kappa shape index (κ3) is 3.95. The second kappa shape index (κ2) is 6.73. The van der Waals surface area contributed by atoms with Crippen LogP contribution in [0.3, 0.4) is 0 Å². The summed E-state index contributed by atoms with van der Waals surface area (Å²) in [5, 5.41) is 4.63. The van der Waals surface area contributed by atoms with E-state index in [0.29, 0.717) is 15.7 Å². The van der Waals surface area contributed by atoms with Crippen molar-refractivity contribution in [3.63, 3.8) is 0 Å². The Morgan fingerprint density at radius 1 is 1.15 bits per heavy atom. The molecular formula is C15H16Cl2N2O. The molecule has 2 aromatic rings. The zero-order valence-electron chi connectivity index (χ0n) is 11.1. The molecule has 2 aromatic carbocycles. The molecule has 0 saturated carbocycles. The van der Waals surface area contributed by atoms with Crippen LogP contribution in [0.5, 0.6) is 5.75 Å². The standard InChI is InChI=1S/C15H16Cl2N2O/c1-20-14-8-12(18)7-13(9-14)19-5-4-10-2-3-11(16)6-15(10)17/h2-3,6-9,19H,4-5,18H2,1H3. The highest BCUT2D eigenvalue weighted by atomic mass is 35.5. The van der Waals surface area contributed by atoms with E-state index in [1.807, 2.05) is 24.3 Å². The van der Waals surface area contributed by atoms with E-state index < -0.39 is 0 Å². The van der Waals surface area contributed by atoms with Gasteiger partial charge in [-0.15, -0.1) is 0 Å². The molecule has 0 spiro atoms. The molecule has 3 nitrogen and oxygen atoms in total. The van der Waals surface area contributed by atoms with Gasteiger partial charge in [-0.05, 0) is 30.2 Å². The predicted octanol–water partition coefficient (Wildman–Crippen LogP) is 4.24. The first-order valence-corrected chi connectivity index (χ1v) is 6.96.